The summed E-state index contributed by atoms with van der Waals surface area (Å²) in [6.07, 6.45) is 2.72. The van der Waals surface area contributed by atoms with E-state index in [-0.39, 0.29) is 11.8 Å². The van der Waals surface area contributed by atoms with Crippen LogP contribution in [0, 0.1) is 0 Å². The SMILES string of the molecule is CC(C)c1nn(-c2ccccc2)cc1C(=O)NCCN1CCC2(C1)OCCO2. The number of para-hydroxylation sites is 1. The Morgan fingerprint density at radius 2 is 2.00 bits per heavy atom. The van der Waals surface area contributed by atoms with Gasteiger partial charge in [-0.25, -0.2) is 4.68 Å². The highest BCUT2D eigenvalue weighted by molar-refractivity contribution is 5.95. The van der Waals surface area contributed by atoms with Crippen molar-refractivity contribution in [1.82, 2.24) is 20.0 Å². The van der Waals surface area contributed by atoms with Crippen LogP contribution in [0.4, 0.5) is 0 Å². The van der Waals surface area contributed by atoms with Gasteiger partial charge in [0.05, 0.1) is 36.7 Å². The third kappa shape index (κ3) is 3.97. The van der Waals surface area contributed by atoms with E-state index in [9.17, 15) is 4.79 Å². The van der Waals surface area contributed by atoms with Gasteiger partial charge in [-0.1, -0.05) is 32.0 Å². The molecule has 2 saturated heterocycles. The average molecular weight is 384 g/mol. The Labute approximate surface area is 165 Å². The van der Waals surface area contributed by atoms with Crippen molar-refractivity contribution in [2.24, 2.45) is 0 Å². The zero-order chi connectivity index (χ0) is 19.6. The Kier molecular flexibility index (Phi) is 5.48. The molecule has 0 atom stereocenters. The van der Waals surface area contributed by atoms with Crippen molar-refractivity contribution in [2.45, 2.75) is 32.0 Å². The summed E-state index contributed by atoms with van der Waals surface area (Å²) in [5.74, 6) is -0.319. The quantitative estimate of drug-likeness (QED) is 0.827. The van der Waals surface area contributed by atoms with Crippen LogP contribution in [0.15, 0.2) is 36.5 Å². The number of rotatable bonds is 6. The monoisotopic (exact) mass is 384 g/mol. The number of benzene rings is 1. The molecule has 1 aromatic carbocycles. The maximum Gasteiger partial charge on any atom is 0.254 e. The van der Waals surface area contributed by atoms with Gasteiger partial charge in [-0.3, -0.25) is 9.69 Å². The summed E-state index contributed by atoms with van der Waals surface area (Å²) in [4.78, 5) is 15.1. The standard InChI is InChI=1S/C21H28N4O3/c1-16(2)19-18(14-25(23-19)17-6-4-3-5-7-17)20(26)22-9-11-24-10-8-21(15-24)27-12-13-28-21/h3-7,14,16H,8-13,15H2,1-2H3,(H,22,26). The Balaban J connectivity index is 1.37. The van der Waals surface area contributed by atoms with E-state index in [2.05, 4.69) is 29.2 Å². The minimum Gasteiger partial charge on any atom is -0.351 e. The minimum absolute atomic E-state index is 0.0758. The normalized spacial score (nSPS) is 19.0. The molecule has 28 heavy (non-hydrogen) atoms. The Morgan fingerprint density at radius 1 is 1.25 bits per heavy atom. The molecule has 1 aromatic heterocycles. The number of nitrogens with zero attached hydrogens (tertiary/aromatic N) is 3. The van der Waals surface area contributed by atoms with Crippen LogP contribution in [0.25, 0.3) is 5.69 Å². The summed E-state index contributed by atoms with van der Waals surface area (Å²) in [5.41, 5.74) is 2.40. The molecule has 3 heterocycles. The first-order valence-corrected chi connectivity index (χ1v) is 10.00. The molecule has 1 N–H and O–H groups in total. The molecule has 7 heteroatoms. The van der Waals surface area contributed by atoms with Crippen LogP contribution < -0.4 is 5.32 Å². The van der Waals surface area contributed by atoms with E-state index in [0.717, 1.165) is 37.4 Å². The number of amides is 1. The Morgan fingerprint density at radius 3 is 2.71 bits per heavy atom. The number of likely N-dealkylation sites (tertiary alicyclic amines) is 1. The van der Waals surface area contributed by atoms with Crippen molar-refractivity contribution in [3.05, 3.63) is 47.8 Å². The van der Waals surface area contributed by atoms with Crippen molar-refractivity contribution < 1.29 is 14.3 Å². The summed E-state index contributed by atoms with van der Waals surface area (Å²) in [7, 11) is 0. The average Bonchev–Trinajstić information content (AvgIpc) is 3.43. The second-order valence-electron chi connectivity index (χ2n) is 7.75. The van der Waals surface area contributed by atoms with Crippen LogP contribution in [0.5, 0.6) is 0 Å². The molecule has 2 aliphatic heterocycles. The van der Waals surface area contributed by atoms with Crippen LogP contribution in [0.2, 0.25) is 0 Å². The molecule has 0 aliphatic carbocycles. The van der Waals surface area contributed by atoms with Crippen molar-refractivity contribution in [3.8, 4) is 5.69 Å². The van der Waals surface area contributed by atoms with E-state index in [4.69, 9.17) is 9.47 Å². The van der Waals surface area contributed by atoms with Gasteiger partial charge in [0, 0.05) is 32.3 Å². The molecule has 7 nitrogen and oxygen atoms in total. The highest BCUT2D eigenvalue weighted by Crippen LogP contribution is 2.30. The second kappa shape index (κ2) is 8.03. The molecular weight excluding hydrogens is 356 g/mol. The highest BCUT2D eigenvalue weighted by Gasteiger charge is 2.42. The third-order valence-corrected chi connectivity index (χ3v) is 5.36. The van der Waals surface area contributed by atoms with Crippen molar-refractivity contribution >= 4 is 5.91 Å². The smallest absolute Gasteiger partial charge is 0.254 e. The Bertz CT molecular complexity index is 812. The summed E-state index contributed by atoms with van der Waals surface area (Å²) in [6.45, 7) is 8.53. The van der Waals surface area contributed by atoms with Crippen molar-refractivity contribution in [1.29, 1.82) is 0 Å². The third-order valence-electron chi connectivity index (χ3n) is 5.36. The molecule has 0 bridgehead atoms. The summed E-state index contributed by atoms with van der Waals surface area (Å²) in [6, 6.07) is 9.86. The lowest BCUT2D eigenvalue weighted by Gasteiger charge is -2.22. The topological polar surface area (TPSA) is 68.6 Å². The molecule has 1 spiro atoms. The van der Waals surface area contributed by atoms with E-state index in [1.54, 1.807) is 4.68 Å². The summed E-state index contributed by atoms with van der Waals surface area (Å²) >= 11 is 0. The zero-order valence-electron chi connectivity index (χ0n) is 16.6. The lowest BCUT2D eigenvalue weighted by atomic mass is 10.1. The molecule has 0 radical (unpaired) electrons. The number of hydrogen-bond acceptors (Lipinski definition) is 5. The largest absolute Gasteiger partial charge is 0.351 e. The molecule has 0 saturated carbocycles. The van der Waals surface area contributed by atoms with E-state index < -0.39 is 5.79 Å². The summed E-state index contributed by atoms with van der Waals surface area (Å²) < 4.78 is 13.3. The first-order valence-electron chi connectivity index (χ1n) is 10.00. The summed E-state index contributed by atoms with van der Waals surface area (Å²) in [5, 5.41) is 7.70. The molecule has 2 aliphatic rings. The van der Waals surface area contributed by atoms with Gasteiger partial charge in [0.15, 0.2) is 5.79 Å². The molecule has 4 rings (SSSR count). The maximum absolute atomic E-state index is 12.8. The molecule has 2 fully saturated rings. The highest BCUT2D eigenvalue weighted by atomic mass is 16.7. The van der Waals surface area contributed by atoms with Crippen LogP contribution >= 0.6 is 0 Å². The number of nitrogens with one attached hydrogen (secondary N) is 1. The molecular formula is C21H28N4O3. The lowest BCUT2D eigenvalue weighted by molar-refractivity contribution is -0.145. The first kappa shape index (κ1) is 19.1. The predicted octanol–water partition coefficient (Wildman–Crippen LogP) is 2.17. The molecule has 1 amide bonds. The van der Waals surface area contributed by atoms with E-state index in [1.807, 2.05) is 36.5 Å². The fourth-order valence-electron chi connectivity index (χ4n) is 3.88. The van der Waals surface area contributed by atoms with Gasteiger partial charge < -0.3 is 14.8 Å². The fraction of sp³-hybridized carbons (Fsp3) is 0.524. The Hall–Kier alpha value is -2.22. The number of ether oxygens (including phenoxy) is 2. The van der Waals surface area contributed by atoms with Gasteiger partial charge >= 0.3 is 0 Å². The van der Waals surface area contributed by atoms with Crippen molar-refractivity contribution in [2.75, 3.05) is 39.4 Å². The van der Waals surface area contributed by atoms with Crippen LogP contribution in [0.1, 0.15) is 42.2 Å². The maximum atomic E-state index is 12.8. The van der Waals surface area contributed by atoms with E-state index in [1.165, 1.54) is 0 Å². The number of aromatic nitrogens is 2. The number of carbonyl (C=O) groups is 1. The van der Waals surface area contributed by atoms with Gasteiger partial charge in [0.2, 0.25) is 0 Å². The van der Waals surface area contributed by atoms with Gasteiger partial charge in [-0.2, -0.15) is 5.10 Å². The lowest BCUT2D eigenvalue weighted by Crippen LogP contribution is -2.38. The van der Waals surface area contributed by atoms with Gasteiger partial charge in [-0.15, -0.1) is 0 Å². The zero-order valence-corrected chi connectivity index (χ0v) is 16.6. The minimum atomic E-state index is -0.411. The fourth-order valence-corrected chi connectivity index (χ4v) is 3.88. The first-order chi connectivity index (χ1) is 13.6. The molecule has 150 valence electrons. The predicted molar refractivity (Wildman–Crippen MR) is 106 cm³/mol. The number of hydrogen-bond donors (Lipinski definition) is 1. The van der Waals surface area contributed by atoms with Gasteiger partial charge in [-0.05, 0) is 18.1 Å². The number of carbonyl (C=O) groups excluding carboxylic acids is 1. The van der Waals surface area contributed by atoms with Crippen LogP contribution in [-0.2, 0) is 9.47 Å². The van der Waals surface area contributed by atoms with Crippen molar-refractivity contribution in [3.63, 3.8) is 0 Å². The van der Waals surface area contributed by atoms with Gasteiger partial charge in [0.25, 0.3) is 5.91 Å². The molecule has 0 unspecified atom stereocenters. The molecule has 2 aromatic rings. The van der Waals surface area contributed by atoms with E-state index in [0.29, 0.717) is 25.3 Å². The van der Waals surface area contributed by atoms with Crippen LogP contribution in [0.3, 0.4) is 0 Å². The van der Waals surface area contributed by atoms with Gasteiger partial charge in [0.1, 0.15) is 0 Å². The second-order valence-corrected chi connectivity index (χ2v) is 7.75. The van der Waals surface area contributed by atoms with Crippen LogP contribution in [-0.4, -0.2) is 65.8 Å². The van der Waals surface area contributed by atoms with E-state index >= 15 is 0 Å².